The number of carbonyl (C=O) groups excluding carboxylic acids is 1. The van der Waals surface area contributed by atoms with Crippen molar-refractivity contribution < 1.29 is 13.9 Å². The van der Waals surface area contributed by atoms with Crippen molar-refractivity contribution >= 4 is 22.7 Å². The van der Waals surface area contributed by atoms with E-state index in [-0.39, 0.29) is 12.5 Å². The molecule has 0 aliphatic carbocycles. The lowest BCUT2D eigenvalue weighted by Gasteiger charge is -2.12. The summed E-state index contributed by atoms with van der Waals surface area (Å²) in [5.74, 6) is 1.50. The minimum absolute atomic E-state index is 0.0603. The van der Waals surface area contributed by atoms with E-state index < -0.39 is 0 Å². The lowest BCUT2D eigenvalue weighted by Crippen LogP contribution is -2.20. The summed E-state index contributed by atoms with van der Waals surface area (Å²) >= 11 is 0. The van der Waals surface area contributed by atoms with Crippen LogP contribution < -0.4 is 10.1 Å². The van der Waals surface area contributed by atoms with Gasteiger partial charge in [0.2, 0.25) is 5.89 Å². The van der Waals surface area contributed by atoms with Crippen LogP contribution in [0.2, 0.25) is 0 Å². The number of hydrogen-bond donors (Lipinski definition) is 1. The van der Waals surface area contributed by atoms with Gasteiger partial charge in [0.05, 0.1) is 0 Å². The molecule has 5 nitrogen and oxygen atoms in total. The zero-order chi connectivity index (χ0) is 21.8. The summed E-state index contributed by atoms with van der Waals surface area (Å²) in [6, 6.07) is 21.2. The molecule has 1 amide bonds. The van der Waals surface area contributed by atoms with E-state index in [2.05, 4.69) is 36.3 Å². The van der Waals surface area contributed by atoms with Gasteiger partial charge in [-0.2, -0.15) is 0 Å². The van der Waals surface area contributed by atoms with Crippen LogP contribution in [0.5, 0.6) is 5.75 Å². The van der Waals surface area contributed by atoms with Gasteiger partial charge < -0.3 is 14.5 Å². The van der Waals surface area contributed by atoms with Crippen LogP contribution in [0.25, 0.3) is 22.6 Å². The van der Waals surface area contributed by atoms with Gasteiger partial charge >= 0.3 is 0 Å². The molecule has 0 fully saturated rings. The number of hydrogen-bond acceptors (Lipinski definition) is 4. The van der Waals surface area contributed by atoms with Gasteiger partial charge in [-0.1, -0.05) is 44.2 Å². The van der Waals surface area contributed by atoms with Crippen molar-refractivity contribution in [2.75, 3.05) is 11.9 Å². The Morgan fingerprint density at radius 2 is 1.84 bits per heavy atom. The third kappa shape index (κ3) is 4.61. The van der Waals surface area contributed by atoms with Crippen molar-refractivity contribution in [1.82, 2.24) is 4.98 Å². The number of oxazole rings is 1. The minimum atomic E-state index is -0.219. The average Bonchev–Trinajstić information content (AvgIpc) is 3.23. The van der Waals surface area contributed by atoms with Gasteiger partial charge in [-0.3, -0.25) is 4.79 Å². The first kappa shape index (κ1) is 20.7. The molecule has 0 saturated carbocycles. The van der Waals surface area contributed by atoms with Crippen LogP contribution in [0.1, 0.15) is 37.3 Å². The van der Waals surface area contributed by atoms with E-state index >= 15 is 0 Å². The fraction of sp³-hybridized carbons (Fsp3) is 0.231. The number of ether oxygens (including phenoxy) is 1. The summed E-state index contributed by atoms with van der Waals surface area (Å²) in [6.07, 6.45) is 1.09. The number of anilines is 1. The standard InChI is InChI=1S/C26H26N2O3/c1-4-17(2)19-12-14-20(15-13-19)30-16-25(29)27-22-10-7-8-21(18(22)3)26-28-23-9-5-6-11-24(23)31-26/h5-15,17H,4,16H2,1-3H3,(H,27,29). The number of para-hydroxylation sites is 2. The Bertz CT molecular complexity index is 1160. The van der Waals surface area contributed by atoms with E-state index in [1.165, 1.54) is 5.56 Å². The molecule has 0 radical (unpaired) electrons. The second-order valence-electron chi connectivity index (χ2n) is 7.68. The van der Waals surface area contributed by atoms with Crippen molar-refractivity contribution in [2.24, 2.45) is 0 Å². The van der Waals surface area contributed by atoms with Crippen molar-refractivity contribution in [3.05, 3.63) is 77.9 Å². The summed E-state index contributed by atoms with van der Waals surface area (Å²) in [4.78, 5) is 17.0. The molecule has 0 bridgehead atoms. The first-order valence-electron chi connectivity index (χ1n) is 10.5. The van der Waals surface area contributed by atoms with E-state index in [0.717, 1.165) is 28.6 Å². The lowest BCUT2D eigenvalue weighted by molar-refractivity contribution is -0.118. The molecule has 1 atom stereocenters. The highest BCUT2D eigenvalue weighted by Gasteiger charge is 2.14. The average molecular weight is 415 g/mol. The molecule has 4 aromatic rings. The van der Waals surface area contributed by atoms with Gasteiger partial charge in [0, 0.05) is 11.3 Å². The van der Waals surface area contributed by atoms with Crippen LogP contribution in [0.4, 0.5) is 5.69 Å². The number of carbonyl (C=O) groups is 1. The molecule has 1 aromatic heterocycles. The summed E-state index contributed by atoms with van der Waals surface area (Å²) in [6.45, 7) is 6.24. The summed E-state index contributed by atoms with van der Waals surface area (Å²) in [7, 11) is 0. The molecule has 3 aromatic carbocycles. The second-order valence-corrected chi connectivity index (χ2v) is 7.68. The number of nitrogens with zero attached hydrogens (tertiary/aromatic N) is 1. The van der Waals surface area contributed by atoms with Crippen molar-refractivity contribution in [3.63, 3.8) is 0 Å². The highest BCUT2D eigenvalue weighted by atomic mass is 16.5. The highest BCUT2D eigenvalue weighted by Crippen LogP contribution is 2.30. The third-order valence-electron chi connectivity index (χ3n) is 5.56. The van der Waals surface area contributed by atoms with Crippen LogP contribution in [-0.4, -0.2) is 17.5 Å². The van der Waals surface area contributed by atoms with Gasteiger partial charge in [0.1, 0.15) is 11.3 Å². The molecule has 0 aliphatic heterocycles. The number of nitrogens with one attached hydrogen (secondary N) is 1. The normalized spacial score (nSPS) is 12.0. The van der Waals surface area contributed by atoms with E-state index in [1.807, 2.05) is 61.5 Å². The molecule has 0 saturated heterocycles. The summed E-state index contributed by atoms with van der Waals surface area (Å²) in [5, 5.41) is 2.93. The molecular weight excluding hydrogens is 388 g/mol. The van der Waals surface area contributed by atoms with Crippen LogP contribution in [0.3, 0.4) is 0 Å². The summed E-state index contributed by atoms with van der Waals surface area (Å²) < 4.78 is 11.5. The van der Waals surface area contributed by atoms with Gasteiger partial charge in [0.25, 0.3) is 5.91 Å². The number of fused-ring (bicyclic) bond motifs is 1. The Morgan fingerprint density at radius 1 is 1.06 bits per heavy atom. The maximum atomic E-state index is 12.5. The molecule has 1 N–H and O–H groups in total. The Hall–Kier alpha value is -3.60. The first-order chi connectivity index (χ1) is 15.0. The SMILES string of the molecule is CCC(C)c1ccc(OCC(=O)Nc2cccc(-c3nc4ccccc4o3)c2C)cc1. The highest BCUT2D eigenvalue weighted by molar-refractivity contribution is 5.93. The maximum Gasteiger partial charge on any atom is 0.262 e. The van der Waals surface area contributed by atoms with Crippen molar-refractivity contribution in [3.8, 4) is 17.2 Å². The second kappa shape index (κ2) is 9.04. The quantitative estimate of drug-likeness (QED) is 0.383. The van der Waals surface area contributed by atoms with E-state index in [0.29, 0.717) is 23.2 Å². The predicted octanol–water partition coefficient (Wildman–Crippen LogP) is 6.33. The lowest BCUT2D eigenvalue weighted by atomic mass is 9.99. The van der Waals surface area contributed by atoms with E-state index in [9.17, 15) is 4.79 Å². The molecule has 1 heterocycles. The Kier molecular flexibility index (Phi) is 6.03. The summed E-state index contributed by atoms with van der Waals surface area (Å²) in [5.41, 5.74) is 5.25. The van der Waals surface area contributed by atoms with Crippen LogP contribution in [0.15, 0.2) is 71.1 Å². The molecule has 4 rings (SSSR count). The number of amides is 1. The zero-order valence-corrected chi connectivity index (χ0v) is 18.0. The van der Waals surface area contributed by atoms with Crippen molar-refractivity contribution in [2.45, 2.75) is 33.1 Å². The molecule has 1 unspecified atom stereocenters. The monoisotopic (exact) mass is 414 g/mol. The fourth-order valence-corrected chi connectivity index (χ4v) is 3.45. The molecule has 158 valence electrons. The molecule has 0 aliphatic rings. The largest absolute Gasteiger partial charge is 0.484 e. The Morgan fingerprint density at radius 3 is 2.58 bits per heavy atom. The molecule has 0 spiro atoms. The molecule has 5 heteroatoms. The first-order valence-corrected chi connectivity index (χ1v) is 10.5. The van der Waals surface area contributed by atoms with Crippen molar-refractivity contribution in [1.29, 1.82) is 0 Å². The predicted molar refractivity (Wildman–Crippen MR) is 123 cm³/mol. The number of aromatic nitrogens is 1. The van der Waals surface area contributed by atoms with Crippen LogP contribution in [0, 0.1) is 6.92 Å². The van der Waals surface area contributed by atoms with Gasteiger partial charge in [0.15, 0.2) is 12.2 Å². The Labute approximate surface area is 182 Å². The topological polar surface area (TPSA) is 64.4 Å². The van der Waals surface area contributed by atoms with Gasteiger partial charge in [-0.25, -0.2) is 4.98 Å². The smallest absolute Gasteiger partial charge is 0.262 e. The third-order valence-corrected chi connectivity index (χ3v) is 5.56. The Balaban J connectivity index is 1.43. The van der Waals surface area contributed by atoms with Gasteiger partial charge in [-0.15, -0.1) is 0 Å². The fourth-order valence-electron chi connectivity index (χ4n) is 3.45. The minimum Gasteiger partial charge on any atom is -0.484 e. The van der Waals surface area contributed by atoms with Crippen LogP contribution >= 0.6 is 0 Å². The number of benzene rings is 3. The van der Waals surface area contributed by atoms with Crippen LogP contribution in [-0.2, 0) is 4.79 Å². The van der Waals surface area contributed by atoms with E-state index in [1.54, 1.807) is 0 Å². The van der Waals surface area contributed by atoms with E-state index in [4.69, 9.17) is 9.15 Å². The zero-order valence-electron chi connectivity index (χ0n) is 18.0. The maximum absolute atomic E-state index is 12.5. The molecule has 31 heavy (non-hydrogen) atoms. The van der Waals surface area contributed by atoms with Gasteiger partial charge in [-0.05, 0) is 66.8 Å². The molecular formula is C26H26N2O3. The number of rotatable bonds is 7.